The maximum absolute atomic E-state index is 8.56. The summed E-state index contributed by atoms with van der Waals surface area (Å²) in [5.41, 5.74) is 0. The Kier molecular flexibility index (Phi) is 24.5. The molecule has 0 aromatic heterocycles. The fourth-order valence-electron chi connectivity index (χ4n) is 0. The average Bonchev–Trinajstić information content (AvgIpc) is 0.811. The van der Waals surface area contributed by atoms with E-state index in [0.29, 0.717) is 0 Å². The minimum Gasteiger partial charge on any atom is -0.450 e. The van der Waals surface area contributed by atoms with Crippen molar-refractivity contribution < 1.29 is 20.5 Å². The van der Waals surface area contributed by atoms with Gasteiger partial charge in [0.05, 0.1) is 0 Å². The van der Waals surface area contributed by atoms with Crippen molar-refractivity contribution in [2.24, 2.45) is 0 Å². The predicted octanol–water partition coefficient (Wildman–Crippen LogP) is -0.983. The summed E-state index contributed by atoms with van der Waals surface area (Å²) in [5, 5.41) is 13.9. The molecule has 0 unspecified atom stereocenters. The third kappa shape index (κ3) is 3120. The van der Waals surface area contributed by atoms with Crippen LogP contribution < -0.4 is 0 Å². The maximum Gasteiger partial charge on any atom is 0.503 e. The van der Waals surface area contributed by atoms with Gasteiger partial charge < -0.3 is 15.7 Å². The van der Waals surface area contributed by atoms with E-state index in [9.17, 15) is 0 Å². The maximum atomic E-state index is 8.56. The molecule has 0 heterocycles. The summed E-state index contributed by atoms with van der Waals surface area (Å²) in [7, 11) is 0. The Balaban J connectivity index is -0.0000000450. The molecule has 0 bridgehead atoms. The number of hydrogen-bond donors (Lipinski definition) is 2. The Morgan fingerprint density at radius 3 is 1.33 bits per heavy atom. The van der Waals surface area contributed by atoms with Gasteiger partial charge in [0, 0.05) is 26.2 Å². The van der Waals surface area contributed by atoms with E-state index in [0.717, 1.165) is 0 Å². The summed E-state index contributed by atoms with van der Waals surface area (Å²) in [4.78, 5) is 8.56. The summed E-state index contributed by atoms with van der Waals surface area (Å²) in [6.07, 6.45) is -1.83. The first-order valence-corrected chi connectivity index (χ1v) is 0.651. The second-order valence-corrected chi connectivity index (χ2v) is 0.283. The van der Waals surface area contributed by atoms with Gasteiger partial charge in [0.15, 0.2) is 0 Å². The summed E-state index contributed by atoms with van der Waals surface area (Å²) in [5.74, 6) is 0. The fourth-order valence-corrected chi connectivity index (χ4v) is 0. The van der Waals surface area contributed by atoms with Gasteiger partial charge in [-0.3, -0.25) is 0 Å². The molecule has 4 nitrogen and oxygen atoms in total. The second kappa shape index (κ2) is 8.93. The van der Waals surface area contributed by atoms with Crippen LogP contribution in [0.5, 0.6) is 0 Å². The minimum atomic E-state index is -1.83. The van der Waals surface area contributed by atoms with E-state index in [-0.39, 0.29) is 31.7 Å². The molecule has 0 rings (SSSR count). The molecule has 0 saturated carbocycles. The molecule has 0 aliphatic heterocycles. The third-order valence-electron chi connectivity index (χ3n) is 0. The molecule has 0 fully saturated rings. The zero-order valence-corrected chi connectivity index (χ0v) is 6.23. The van der Waals surface area contributed by atoms with Crippen LogP contribution in [0.15, 0.2) is 0 Å². The number of carbonyl (C=O) groups is 1. The Bertz CT molecular complexity index is 30.5. The van der Waals surface area contributed by atoms with Gasteiger partial charge in [-0.05, 0) is 0 Å². The van der Waals surface area contributed by atoms with Crippen LogP contribution in [0.25, 0.3) is 0 Å². The quantitative estimate of drug-likeness (QED) is 0.562. The summed E-state index contributed by atoms with van der Waals surface area (Å²) >= 11 is 0. The van der Waals surface area contributed by atoms with E-state index in [1.165, 1.54) is 0 Å². The van der Waals surface area contributed by atoms with Crippen molar-refractivity contribution in [2.45, 2.75) is 0 Å². The predicted molar refractivity (Wildman–Crippen MR) is 20.0 cm³/mol. The van der Waals surface area contributed by atoms with Crippen LogP contribution in [0.2, 0.25) is 0 Å². The van der Waals surface area contributed by atoms with Crippen LogP contribution in [0, 0.1) is 0 Å². The van der Waals surface area contributed by atoms with E-state index in [1.54, 1.807) is 0 Å². The molecule has 0 amide bonds. The fraction of sp³-hybridized carbons (Fsp3) is 0. The summed E-state index contributed by atoms with van der Waals surface area (Å²) in [6, 6.07) is 0. The smallest absolute Gasteiger partial charge is 0.450 e. The molecular weight excluding hydrogens is 285 g/mol. The zero-order valence-electron chi connectivity index (χ0n) is 2.75. The van der Waals surface area contributed by atoms with Crippen molar-refractivity contribution >= 4 is 32.4 Å². The van der Waals surface area contributed by atoms with Gasteiger partial charge >= 0.3 is 6.16 Å². The number of rotatable bonds is 0. The van der Waals surface area contributed by atoms with Crippen molar-refractivity contribution in [2.75, 3.05) is 0 Å². The molecule has 37 valence electrons. The van der Waals surface area contributed by atoms with Gasteiger partial charge in [0.1, 0.15) is 0 Å². The van der Waals surface area contributed by atoms with E-state index in [2.05, 4.69) is 0 Å². The molecule has 0 spiro atoms. The molecule has 6 heavy (non-hydrogen) atoms. The van der Waals surface area contributed by atoms with E-state index in [4.69, 9.17) is 15.0 Å². The number of carboxylic acid groups (broad SMARTS) is 2. The Morgan fingerprint density at radius 1 is 1.33 bits per heavy atom. The minimum absolute atomic E-state index is 0. The molecule has 0 aromatic carbocycles. The molecule has 0 aliphatic carbocycles. The molecule has 0 saturated heterocycles. The first-order valence-electron chi connectivity index (χ1n) is 0.651. The van der Waals surface area contributed by atoms with Gasteiger partial charge in [-0.25, -0.2) is 4.79 Å². The van der Waals surface area contributed by atoms with Crippen LogP contribution in [0.1, 0.15) is 0 Å². The van der Waals surface area contributed by atoms with Crippen molar-refractivity contribution in [3.05, 3.63) is 0 Å². The van der Waals surface area contributed by atoms with Gasteiger partial charge in [0.25, 0.3) is 0 Å². The third-order valence-corrected chi connectivity index (χ3v) is 0. The van der Waals surface area contributed by atoms with Crippen LogP contribution in [-0.2, 0) is 0 Å². The standard InChI is InChI=1S/CH2O3.Bi.H2O/c2-1(3)4;;/h(H2,2,3,4);;1H2. The largest absolute Gasteiger partial charge is 0.503 e. The van der Waals surface area contributed by atoms with E-state index in [1.807, 2.05) is 0 Å². The molecule has 0 aromatic rings. The van der Waals surface area contributed by atoms with Gasteiger partial charge in [-0.15, -0.1) is 0 Å². The first kappa shape index (κ1) is 16.5. The van der Waals surface area contributed by atoms with Crippen LogP contribution in [0.4, 0.5) is 4.79 Å². The monoisotopic (exact) mass is 289 g/mol. The molecule has 0 aliphatic rings. The molecule has 5 heteroatoms. The van der Waals surface area contributed by atoms with Gasteiger partial charge in [-0.1, -0.05) is 0 Å². The molecule has 3 radical (unpaired) electrons. The normalized spacial score (nSPS) is 4.00. The van der Waals surface area contributed by atoms with E-state index >= 15 is 0 Å². The summed E-state index contributed by atoms with van der Waals surface area (Å²) in [6.45, 7) is 0. The Labute approximate surface area is 53.2 Å². The van der Waals surface area contributed by atoms with E-state index < -0.39 is 6.16 Å². The van der Waals surface area contributed by atoms with Crippen molar-refractivity contribution in [1.29, 1.82) is 0 Å². The van der Waals surface area contributed by atoms with Gasteiger partial charge in [-0.2, -0.15) is 0 Å². The molecule has 4 N–H and O–H groups in total. The van der Waals surface area contributed by atoms with Gasteiger partial charge in [0.2, 0.25) is 0 Å². The average molecular weight is 289 g/mol. The van der Waals surface area contributed by atoms with Crippen molar-refractivity contribution in [3.8, 4) is 0 Å². The van der Waals surface area contributed by atoms with Crippen LogP contribution in [-0.4, -0.2) is 48.0 Å². The number of hydrogen-bond acceptors (Lipinski definition) is 1. The Hall–Kier alpha value is 0.113. The topological polar surface area (TPSA) is 89.0 Å². The first-order chi connectivity index (χ1) is 1.73. The van der Waals surface area contributed by atoms with Crippen molar-refractivity contribution in [1.82, 2.24) is 0 Å². The van der Waals surface area contributed by atoms with Crippen molar-refractivity contribution in [3.63, 3.8) is 0 Å². The van der Waals surface area contributed by atoms with Crippen LogP contribution >= 0.6 is 0 Å². The Morgan fingerprint density at radius 2 is 1.33 bits per heavy atom. The summed E-state index contributed by atoms with van der Waals surface area (Å²) < 4.78 is 0. The molecule has 0 atom stereocenters. The second-order valence-electron chi connectivity index (χ2n) is 0.283. The van der Waals surface area contributed by atoms with Crippen LogP contribution in [0.3, 0.4) is 0 Å². The SMILES string of the molecule is O.O=C(O)O.[Bi]. The molecular formula is CH4BiO4. The zero-order chi connectivity index (χ0) is 3.58.